The van der Waals surface area contributed by atoms with Gasteiger partial charge in [0.25, 0.3) is 0 Å². The Kier molecular flexibility index (Phi) is 6.69. The van der Waals surface area contributed by atoms with Crippen LogP contribution >= 0.6 is 0 Å². The van der Waals surface area contributed by atoms with Gasteiger partial charge in [0.2, 0.25) is 5.91 Å². The van der Waals surface area contributed by atoms with Crippen molar-refractivity contribution in [3.8, 4) is 0 Å². The molecule has 1 saturated carbocycles. The summed E-state index contributed by atoms with van der Waals surface area (Å²) < 4.78 is 63.6. The van der Waals surface area contributed by atoms with Gasteiger partial charge in [-0.15, -0.1) is 0 Å². The fourth-order valence-electron chi connectivity index (χ4n) is 3.21. The van der Waals surface area contributed by atoms with Crippen molar-refractivity contribution in [1.29, 1.82) is 0 Å². The van der Waals surface area contributed by atoms with Crippen molar-refractivity contribution in [3.05, 3.63) is 59.7 Å². The molecule has 10 heteroatoms. The third-order valence-electron chi connectivity index (χ3n) is 5.56. The van der Waals surface area contributed by atoms with Crippen molar-refractivity contribution in [2.75, 3.05) is 17.7 Å². The molecule has 0 heterocycles. The molecule has 0 aromatic heterocycles. The lowest BCUT2D eigenvalue weighted by molar-refractivity contribution is -0.258. The molecule has 6 nitrogen and oxygen atoms in total. The second-order valence-electron chi connectivity index (χ2n) is 8.17. The van der Waals surface area contributed by atoms with Gasteiger partial charge in [0, 0.05) is 5.69 Å². The zero-order chi connectivity index (χ0) is 23.7. The number of carbonyl (C=O) groups is 1. The molecule has 1 fully saturated rings. The minimum atomic E-state index is -4.86. The molecule has 0 aliphatic heterocycles. The fourth-order valence-corrected chi connectivity index (χ4v) is 4.91. The Morgan fingerprint density at radius 2 is 1.66 bits per heavy atom. The SMILES string of the molecule is CC(O)(c1ccc(NC(=O)C(CO)c2ccc(S(=O)(=O)CC3CC3)cc2)cc1)C(F)(F)F. The van der Waals surface area contributed by atoms with Gasteiger partial charge in [-0.3, -0.25) is 4.79 Å². The first kappa shape index (κ1) is 24.2. The third-order valence-corrected chi connectivity index (χ3v) is 7.46. The summed E-state index contributed by atoms with van der Waals surface area (Å²) in [4.78, 5) is 12.8. The maximum absolute atomic E-state index is 13.0. The molecule has 2 aromatic carbocycles. The number of aliphatic hydroxyl groups excluding tert-OH is 1. The van der Waals surface area contributed by atoms with Crippen LogP contribution in [-0.4, -0.2) is 43.1 Å². The largest absolute Gasteiger partial charge is 0.421 e. The molecule has 2 unspecified atom stereocenters. The number of rotatable bonds is 8. The Bertz CT molecular complexity index is 1060. The topological polar surface area (TPSA) is 104 Å². The van der Waals surface area contributed by atoms with E-state index in [1.165, 1.54) is 36.4 Å². The number of anilines is 1. The van der Waals surface area contributed by atoms with Crippen LogP contribution in [0.4, 0.5) is 18.9 Å². The highest BCUT2D eigenvalue weighted by molar-refractivity contribution is 7.91. The number of benzene rings is 2. The first-order valence-electron chi connectivity index (χ1n) is 9.99. The first-order valence-corrected chi connectivity index (χ1v) is 11.6. The monoisotopic (exact) mass is 471 g/mol. The van der Waals surface area contributed by atoms with E-state index in [0.29, 0.717) is 12.5 Å². The van der Waals surface area contributed by atoms with Crippen LogP contribution in [0, 0.1) is 5.92 Å². The Morgan fingerprint density at radius 1 is 1.09 bits per heavy atom. The summed E-state index contributed by atoms with van der Waals surface area (Å²) in [7, 11) is -3.41. The van der Waals surface area contributed by atoms with Crippen LogP contribution in [0.2, 0.25) is 0 Å². The summed E-state index contributed by atoms with van der Waals surface area (Å²) in [6.07, 6.45) is -3.06. The third kappa shape index (κ3) is 5.31. The summed E-state index contributed by atoms with van der Waals surface area (Å²) in [5.41, 5.74) is -2.85. The van der Waals surface area contributed by atoms with Gasteiger partial charge in [0.05, 0.1) is 23.2 Å². The number of carbonyl (C=O) groups excluding carboxylic acids is 1. The second kappa shape index (κ2) is 8.84. The lowest BCUT2D eigenvalue weighted by atomic mass is 9.95. The number of sulfone groups is 1. The molecular weight excluding hydrogens is 447 g/mol. The van der Waals surface area contributed by atoms with E-state index in [0.717, 1.165) is 25.0 Å². The van der Waals surface area contributed by atoms with Crippen molar-refractivity contribution < 1.29 is 36.6 Å². The van der Waals surface area contributed by atoms with E-state index in [9.17, 15) is 36.6 Å². The molecule has 0 spiro atoms. The fraction of sp³-hybridized carbons (Fsp3) is 0.409. The van der Waals surface area contributed by atoms with E-state index < -0.39 is 40.0 Å². The molecule has 2 atom stereocenters. The molecule has 0 radical (unpaired) electrons. The lowest BCUT2D eigenvalue weighted by Crippen LogP contribution is -2.39. The normalized spacial score (nSPS) is 17.4. The van der Waals surface area contributed by atoms with Gasteiger partial charge in [-0.05, 0) is 61.1 Å². The van der Waals surface area contributed by atoms with Crippen molar-refractivity contribution in [2.45, 2.75) is 42.4 Å². The van der Waals surface area contributed by atoms with E-state index in [2.05, 4.69) is 5.32 Å². The van der Waals surface area contributed by atoms with E-state index in [1.54, 1.807) is 0 Å². The average Bonchev–Trinajstić information content (AvgIpc) is 3.52. The van der Waals surface area contributed by atoms with Crippen LogP contribution in [-0.2, 0) is 20.2 Å². The molecule has 32 heavy (non-hydrogen) atoms. The van der Waals surface area contributed by atoms with Crippen molar-refractivity contribution >= 4 is 21.4 Å². The Labute approximate surface area is 184 Å². The summed E-state index contributed by atoms with van der Waals surface area (Å²) in [6.45, 7) is 0.0811. The van der Waals surface area contributed by atoms with Crippen molar-refractivity contribution in [2.24, 2.45) is 5.92 Å². The Morgan fingerprint density at radius 3 is 2.12 bits per heavy atom. The van der Waals surface area contributed by atoms with Gasteiger partial charge in [-0.1, -0.05) is 24.3 Å². The number of hydrogen-bond donors (Lipinski definition) is 3. The number of halogens is 3. The first-order chi connectivity index (χ1) is 14.8. The van der Waals surface area contributed by atoms with E-state index in [4.69, 9.17) is 0 Å². The quantitative estimate of drug-likeness (QED) is 0.548. The number of aliphatic hydroxyl groups is 2. The minimum Gasteiger partial charge on any atom is -0.395 e. The average molecular weight is 471 g/mol. The predicted octanol–water partition coefficient (Wildman–Crippen LogP) is 3.35. The molecule has 1 amide bonds. The number of alkyl halides is 3. The lowest BCUT2D eigenvalue weighted by Gasteiger charge is -2.26. The number of hydrogen-bond acceptors (Lipinski definition) is 5. The molecule has 2 aromatic rings. The van der Waals surface area contributed by atoms with Gasteiger partial charge in [-0.2, -0.15) is 13.2 Å². The van der Waals surface area contributed by atoms with Crippen LogP contribution in [0.1, 0.15) is 36.8 Å². The van der Waals surface area contributed by atoms with E-state index in [-0.39, 0.29) is 27.8 Å². The van der Waals surface area contributed by atoms with Gasteiger partial charge < -0.3 is 15.5 Å². The molecule has 0 bridgehead atoms. The molecule has 3 N–H and O–H groups in total. The van der Waals surface area contributed by atoms with Gasteiger partial charge in [-0.25, -0.2) is 8.42 Å². The van der Waals surface area contributed by atoms with Crippen LogP contribution < -0.4 is 5.32 Å². The van der Waals surface area contributed by atoms with Crippen LogP contribution in [0.15, 0.2) is 53.4 Å². The highest BCUT2D eigenvalue weighted by atomic mass is 32.2. The molecule has 174 valence electrons. The second-order valence-corrected chi connectivity index (χ2v) is 10.2. The minimum absolute atomic E-state index is 0.0908. The maximum atomic E-state index is 13.0. The summed E-state index contributed by atoms with van der Waals surface area (Å²) in [6, 6.07) is 10.3. The maximum Gasteiger partial charge on any atom is 0.421 e. The standard InChI is InChI=1S/C22H24F3NO5S/c1-21(29,22(23,24)25)16-6-8-17(9-7-16)26-20(28)19(12-27)15-4-10-18(11-5-15)32(30,31)13-14-2-3-14/h4-11,14,19,27,29H,2-3,12-13H2,1H3,(H,26,28). The molecule has 3 rings (SSSR count). The highest BCUT2D eigenvalue weighted by Gasteiger charge is 2.51. The Hall–Kier alpha value is -2.43. The number of amides is 1. The van der Waals surface area contributed by atoms with Gasteiger partial charge in [0.1, 0.15) is 0 Å². The van der Waals surface area contributed by atoms with Crippen LogP contribution in [0.25, 0.3) is 0 Å². The van der Waals surface area contributed by atoms with E-state index >= 15 is 0 Å². The summed E-state index contributed by atoms with van der Waals surface area (Å²) >= 11 is 0. The van der Waals surface area contributed by atoms with Crippen molar-refractivity contribution in [3.63, 3.8) is 0 Å². The number of nitrogens with one attached hydrogen (secondary N) is 1. The molecule has 0 saturated heterocycles. The highest BCUT2D eigenvalue weighted by Crippen LogP contribution is 2.38. The van der Waals surface area contributed by atoms with Crippen molar-refractivity contribution in [1.82, 2.24) is 0 Å². The zero-order valence-corrected chi connectivity index (χ0v) is 18.1. The predicted molar refractivity (Wildman–Crippen MR) is 112 cm³/mol. The van der Waals surface area contributed by atoms with Crippen LogP contribution in [0.3, 0.4) is 0 Å². The van der Waals surface area contributed by atoms with Gasteiger partial charge in [0.15, 0.2) is 15.4 Å². The van der Waals surface area contributed by atoms with E-state index in [1.807, 2.05) is 0 Å². The molecule has 1 aliphatic carbocycles. The zero-order valence-electron chi connectivity index (χ0n) is 17.3. The van der Waals surface area contributed by atoms with Gasteiger partial charge >= 0.3 is 6.18 Å². The smallest absolute Gasteiger partial charge is 0.395 e. The molecule has 1 aliphatic rings. The molecular formula is C22H24F3NO5S. The summed E-state index contributed by atoms with van der Waals surface area (Å²) in [5, 5.41) is 21.9. The van der Waals surface area contributed by atoms with Crippen LogP contribution in [0.5, 0.6) is 0 Å². The summed E-state index contributed by atoms with van der Waals surface area (Å²) in [5.74, 6) is -1.33. The Balaban J connectivity index is 1.71.